The molecule has 1 aromatic carbocycles. The van der Waals surface area contributed by atoms with E-state index in [1.54, 1.807) is 20.9 Å². The van der Waals surface area contributed by atoms with Gasteiger partial charge in [-0.05, 0) is 38.6 Å². The van der Waals surface area contributed by atoms with E-state index in [2.05, 4.69) is 14.8 Å². The van der Waals surface area contributed by atoms with Crippen molar-refractivity contribution in [3.63, 3.8) is 0 Å². The Kier molecular flexibility index (Phi) is 6.93. The van der Waals surface area contributed by atoms with E-state index in [1.807, 2.05) is 0 Å². The third kappa shape index (κ3) is 6.05. The van der Waals surface area contributed by atoms with Crippen molar-refractivity contribution in [3.8, 4) is 0 Å². The Bertz CT molecular complexity index is 736. The summed E-state index contributed by atoms with van der Waals surface area (Å²) in [6, 6.07) is 2.95. The third-order valence-electron chi connectivity index (χ3n) is 3.06. The van der Waals surface area contributed by atoms with E-state index >= 15 is 0 Å². The Hall–Kier alpha value is -1.23. The molecule has 0 spiro atoms. The van der Waals surface area contributed by atoms with Gasteiger partial charge in [-0.25, -0.2) is 25.9 Å². The van der Waals surface area contributed by atoms with Gasteiger partial charge in [0.15, 0.2) is 0 Å². The second-order valence-corrected chi connectivity index (χ2v) is 8.71. The van der Waals surface area contributed by atoms with Gasteiger partial charge in [0.25, 0.3) is 0 Å². The first-order chi connectivity index (χ1) is 10.6. The average Bonchev–Trinajstić information content (AvgIpc) is 2.46. The third-order valence-corrected chi connectivity index (χ3v) is 5.96. The van der Waals surface area contributed by atoms with E-state index in [1.165, 1.54) is 0 Å². The topological polar surface area (TPSA) is 104 Å². The number of halogens is 1. The molecule has 0 radical (unpaired) electrons. The number of hydrogen-bond acceptors (Lipinski definition) is 5. The van der Waals surface area contributed by atoms with E-state index in [4.69, 9.17) is 0 Å². The molecule has 23 heavy (non-hydrogen) atoms. The Labute approximate surface area is 136 Å². The van der Waals surface area contributed by atoms with Crippen molar-refractivity contribution in [2.75, 3.05) is 24.1 Å². The fourth-order valence-electron chi connectivity index (χ4n) is 1.65. The van der Waals surface area contributed by atoms with E-state index in [-0.39, 0.29) is 28.9 Å². The van der Waals surface area contributed by atoms with Crippen LogP contribution in [0.15, 0.2) is 23.1 Å². The summed E-state index contributed by atoms with van der Waals surface area (Å²) in [6.45, 7) is 3.61. The van der Waals surface area contributed by atoms with Gasteiger partial charge in [-0.15, -0.1) is 0 Å². The van der Waals surface area contributed by atoms with Crippen molar-refractivity contribution in [3.05, 3.63) is 24.0 Å². The minimum absolute atomic E-state index is 0.0882. The number of sulfonamides is 2. The predicted molar refractivity (Wildman–Crippen MR) is 87.8 cm³/mol. The minimum atomic E-state index is -3.87. The maximum absolute atomic E-state index is 14.0. The second kappa shape index (κ2) is 8.04. The number of rotatable bonds is 9. The molecule has 1 aromatic rings. The Balaban J connectivity index is 2.95. The molecular formula is C13H22FN3O4S2. The van der Waals surface area contributed by atoms with Crippen LogP contribution < -0.4 is 14.8 Å². The van der Waals surface area contributed by atoms with Crippen LogP contribution in [0, 0.1) is 5.82 Å². The van der Waals surface area contributed by atoms with Crippen molar-refractivity contribution >= 4 is 25.7 Å². The number of hydrogen-bond donors (Lipinski definition) is 3. The van der Waals surface area contributed by atoms with Crippen LogP contribution in [-0.4, -0.2) is 42.2 Å². The summed E-state index contributed by atoms with van der Waals surface area (Å²) in [4.78, 5) is -0.267. The lowest BCUT2D eigenvalue weighted by molar-refractivity contribution is 0.553. The normalized spacial score (nSPS) is 13.7. The minimum Gasteiger partial charge on any atom is -0.316 e. The van der Waals surface area contributed by atoms with Crippen molar-refractivity contribution in [2.45, 2.75) is 31.2 Å². The molecule has 0 bridgehead atoms. The van der Waals surface area contributed by atoms with Gasteiger partial charge in [0.1, 0.15) is 5.82 Å². The van der Waals surface area contributed by atoms with Crippen LogP contribution in [0.3, 0.4) is 0 Å². The first-order valence-electron chi connectivity index (χ1n) is 7.08. The molecule has 10 heteroatoms. The summed E-state index contributed by atoms with van der Waals surface area (Å²) in [7, 11) is -5.82. The molecule has 0 aromatic heterocycles. The standard InChI is InChI=1S/C13H22FN3O4S2/c1-4-7-22(18,19)17-13-6-5-11(8-12(13)14)23(20,21)16-9-10(2)15-3/h5-6,8,10,15-17H,4,7,9H2,1-3H3. The molecule has 3 N–H and O–H groups in total. The molecule has 0 amide bonds. The average molecular weight is 367 g/mol. The second-order valence-electron chi connectivity index (χ2n) is 5.10. The Morgan fingerprint density at radius 3 is 2.39 bits per heavy atom. The van der Waals surface area contributed by atoms with Crippen LogP contribution in [0.5, 0.6) is 0 Å². The molecule has 0 saturated heterocycles. The van der Waals surface area contributed by atoms with Crippen molar-refractivity contribution in [2.24, 2.45) is 0 Å². The zero-order valence-electron chi connectivity index (χ0n) is 13.3. The SMILES string of the molecule is CCCS(=O)(=O)Nc1ccc(S(=O)(=O)NCC(C)NC)cc1F. The maximum Gasteiger partial charge on any atom is 0.240 e. The van der Waals surface area contributed by atoms with E-state index in [0.717, 1.165) is 18.2 Å². The highest BCUT2D eigenvalue weighted by Crippen LogP contribution is 2.20. The van der Waals surface area contributed by atoms with Gasteiger partial charge >= 0.3 is 0 Å². The van der Waals surface area contributed by atoms with Crippen LogP contribution in [0.2, 0.25) is 0 Å². The van der Waals surface area contributed by atoms with Gasteiger partial charge in [0, 0.05) is 12.6 Å². The molecule has 1 atom stereocenters. The molecule has 1 unspecified atom stereocenters. The van der Waals surface area contributed by atoms with Crippen molar-refractivity contribution in [1.82, 2.24) is 10.0 Å². The van der Waals surface area contributed by atoms with Crippen molar-refractivity contribution < 1.29 is 21.2 Å². The van der Waals surface area contributed by atoms with Crippen LogP contribution in [-0.2, 0) is 20.0 Å². The largest absolute Gasteiger partial charge is 0.316 e. The van der Waals surface area contributed by atoms with Gasteiger partial charge in [-0.1, -0.05) is 6.92 Å². The van der Waals surface area contributed by atoms with Crippen LogP contribution in [0.1, 0.15) is 20.3 Å². The lowest BCUT2D eigenvalue weighted by Crippen LogP contribution is -2.37. The first kappa shape index (κ1) is 19.8. The predicted octanol–water partition coefficient (Wildman–Crippen LogP) is 0.864. The highest BCUT2D eigenvalue weighted by Gasteiger charge is 2.18. The zero-order chi connectivity index (χ0) is 17.7. The molecule has 132 valence electrons. The molecule has 7 nitrogen and oxygen atoms in total. The van der Waals surface area contributed by atoms with E-state index in [0.29, 0.717) is 6.42 Å². The van der Waals surface area contributed by atoms with Gasteiger partial charge in [-0.3, -0.25) is 4.72 Å². The molecule has 1 rings (SSSR count). The smallest absolute Gasteiger partial charge is 0.240 e. The summed E-state index contributed by atoms with van der Waals surface area (Å²) >= 11 is 0. The highest BCUT2D eigenvalue weighted by atomic mass is 32.2. The van der Waals surface area contributed by atoms with Gasteiger partial charge < -0.3 is 5.32 Å². The molecule has 0 saturated carbocycles. The van der Waals surface area contributed by atoms with Gasteiger partial charge in [0.2, 0.25) is 20.0 Å². The highest BCUT2D eigenvalue weighted by molar-refractivity contribution is 7.92. The molecule has 0 aliphatic rings. The fraction of sp³-hybridized carbons (Fsp3) is 0.538. The zero-order valence-corrected chi connectivity index (χ0v) is 14.9. The lowest BCUT2D eigenvalue weighted by Gasteiger charge is -2.13. The lowest BCUT2D eigenvalue weighted by atomic mass is 10.3. The number of anilines is 1. The number of likely N-dealkylation sites (N-methyl/N-ethyl adjacent to an activating group) is 1. The van der Waals surface area contributed by atoms with Gasteiger partial charge in [0.05, 0.1) is 16.3 Å². The summed E-state index contributed by atoms with van der Waals surface area (Å²) in [5.41, 5.74) is -0.277. The van der Waals surface area contributed by atoms with Crippen LogP contribution in [0.4, 0.5) is 10.1 Å². The van der Waals surface area contributed by atoms with Crippen molar-refractivity contribution in [1.29, 1.82) is 0 Å². The number of benzene rings is 1. The number of nitrogens with one attached hydrogen (secondary N) is 3. The van der Waals surface area contributed by atoms with Gasteiger partial charge in [-0.2, -0.15) is 0 Å². The molecule has 0 heterocycles. The quantitative estimate of drug-likeness (QED) is 0.601. The summed E-state index contributed by atoms with van der Waals surface area (Å²) in [5, 5.41) is 2.87. The Morgan fingerprint density at radius 2 is 1.87 bits per heavy atom. The maximum atomic E-state index is 14.0. The molecule has 0 aliphatic heterocycles. The van der Waals surface area contributed by atoms with Crippen LogP contribution in [0.25, 0.3) is 0 Å². The van der Waals surface area contributed by atoms with E-state index < -0.39 is 25.9 Å². The summed E-state index contributed by atoms with van der Waals surface area (Å²) in [6.07, 6.45) is 0.386. The molecule has 0 fully saturated rings. The van der Waals surface area contributed by atoms with E-state index in [9.17, 15) is 21.2 Å². The monoisotopic (exact) mass is 367 g/mol. The molecular weight excluding hydrogens is 345 g/mol. The summed E-state index contributed by atoms with van der Waals surface area (Å²) < 4.78 is 65.8. The first-order valence-corrected chi connectivity index (χ1v) is 10.2. The Morgan fingerprint density at radius 1 is 1.22 bits per heavy atom. The fourth-order valence-corrected chi connectivity index (χ4v) is 3.94. The summed E-state index contributed by atoms with van der Waals surface area (Å²) in [5.74, 6) is -1.09. The van der Waals surface area contributed by atoms with Crippen LogP contribution >= 0.6 is 0 Å². The molecule has 0 aliphatic carbocycles.